The number of alkyl carbamates (subject to hydrolysis) is 1. The van der Waals surface area contributed by atoms with Crippen LogP contribution in [0.15, 0.2) is 42.0 Å². The van der Waals surface area contributed by atoms with Gasteiger partial charge in [-0.15, -0.1) is 0 Å². The number of hydrogen-bond acceptors (Lipinski definition) is 8. The van der Waals surface area contributed by atoms with E-state index in [0.717, 1.165) is 5.56 Å². The third kappa shape index (κ3) is 8.73. The lowest BCUT2D eigenvalue weighted by Gasteiger charge is -2.36. The maximum absolute atomic E-state index is 13.7. The van der Waals surface area contributed by atoms with Crippen molar-refractivity contribution in [2.24, 2.45) is 0 Å². The van der Waals surface area contributed by atoms with Gasteiger partial charge in [0.2, 0.25) is 0 Å². The maximum atomic E-state index is 13.7. The van der Waals surface area contributed by atoms with Gasteiger partial charge in [0.1, 0.15) is 18.2 Å². The highest BCUT2D eigenvalue weighted by molar-refractivity contribution is 6.43. The quantitative estimate of drug-likeness (QED) is 0.228. The first-order valence-corrected chi connectivity index (χ1v) is 12.9. The molecule has 0 aromatic heterocycles. The summed E-state index contributed by atoms with van der Waals surface area (Å²) in [5.74, 6) is -4.41. The number of hydrogen-bond donors (Lipinski definition) is 3. The van der Waals surface area contributed by atoms with Crippen molar-refractivity contribution in [2.45, 2.75) is 56.6 Å². The molecule has 0 aliphatic carbocycles. The summed E-state index contributed by atoms with van der Waals surface area (Å²) in [6, 6.07) is 10.6. The fourth-order valence-electron chi connectivity index (χ4n) is 4.66. The first kappa shape index (κ1) is 30.5. The zero-order valence-corrected chi connectivity index (χ0v) is 22.2. The summed E-state index contributed by atoms with van der Waals surface area (Å²) in [4.78, 5) is 28.6. The van der Waals surface area contributed by atoms with Crippen LogP contribution in [0.5, 0.6) is 0 Å². The number of carbonyl (C=O) groups is 2. The molecule has 0 unspecified atom stereocenters. The van der Waals surface area contributed by atoms with Crippen LogP contribution in [0.4, 0.5) is 13.6 Å². The predicted molar refractivity (Wildman–Crippen MR) is 138 cm³/mol. The van der Waals surface area contributed by atoms with Crippen LogP contribution >= 0.6 is 0 Å². The van der Waals surface area contributed by atoms with Crippen molar-refractivity contribution in [3.05, 3.63) is 47.5 Å². The SMILES string of the molecule is CC(C)(/C=C(\C#N)C(=O)N1CCOC[C@@H]1COC(=O)N[C@@H](CCc1ccccc1)B(O)O)N1CCC(F)(F)C1. The molecule has 2 saturated heterocycles. The van der Waals surface area contributed by atoms with Crippen molar-refractivity contribution in [1.82, 2.24) is 15.1 Å². The summed E-state index contributed by atoms with van der Waals surface area (Å²) in [7, 11) is -1.81. The Morgan fingerprint density at radius 1 is 1.33 bits per heavy atom. The molecule has 0 radical (unpaired) electrons. The maximum Gasteiger partial charge on any atom is 0.475 e. The van der Waals surface area contributed by atoms with E-state index < -0.39 is 49.1 Å². The minimum absolute atomic E-state index is 0.0551. The van der Waals surface area contributed by atoms with E-state index in [-0.39, 0.29) is 51.3 Å². The van der Waals surface area contributed by atoms with Crippen LogP contribution in [-0.4, -0.2) is 102 Å². The van der Waals surface area contributed by atoms with Gasteiger partial charge in [-0.3, -0.25) is 9.69 Å². The first-order valence-electron chi connectivity index (χ1n) is 12.9. The second-order valence-corrected chi connectivity index (χ2v) is 10.4. The lowest BCUT2D eigenvalue weighted by molar-refractivity contribution is -0.137. The van der Waals surface area contributed by atoms with Gasteiger partial charge in [-0.1, -0.05) is 30.3 Å². The van der Waals surface area contributed by atoms with Crippen LogP contribution in [0, 0.1) is 11.3 Å². The number of halogens is 2. The van der Waals surface area contributed by atoms with Gasteiger partial charge in [0.25, 0.3) is 11.8 Å². The standard InChI is InChI=1S/C26H35BF2N4O6/c1-25(2,32-11-10-26(28,29)18-32)14-20(15-30)23(34)33-12-13-38-16-21(33)17-39-24(35)31-22(27(36)37)9-8-19-6-4-3-5-7-19/h3-7,14,21-22,36-37H,8-13,16-18H2,1-2H3,(H,31,35)/b20-14+/t21-,22+/m1/s1. The van der Waals surface area contributed by atoms with Gasteiger partial charge < -0.3 is 29.7 Å². The molecule has 0 spiro atoms. The van der Waals surface area contributed by atoms with Crippen LogP contribution in [0.1, 0.15) is 32.3 Å². The molecule has 0 bridgehead atoms. The number of alkyl halides is 2. The largest absolute Gasteiger partial charge is 0.475 e. The molecule has 2 aliphatic heterocycles. The molecular weight excluding hydrogens is 513 g/mol. The Morgan fingerprint density at radius 2 is 2.05 bits per heavy atom. The molecule has 0 saturated carbocycles. The number of nitrogens with zero attached hydrogens (tertiary/aromatic N) is 3. The number of amides is 2. The van der Waals surface area contributed by atoms with Crippen molar-refractivity contribution < 1.29 is 37.9 Å². The molecule has 2 fully saturated rings. The van der Waals surface area contributed by atoms with E-state index in [1.807, 2.05) is 36.4 Å². The van der Waals surface area contributed by atoms with E-state index in [4.69, 9.17) is 9.47 Å². The van der Waals surface area contributed by atoms with E-state index in [1.54, 1.807) is 13.8 Å². The Labute approximate surface area is 227 Å². The number of benzene rings is 1. The van der Waals surface area contributed by atoms with Gasteiger partial charge >= 0.3 is 13.2 Å². The van der Waals surface area contributed by atoms with E-state index in [0.29, 0.717) is 6.42 Å². The Hall–Kier alpha value is -3.05. The molecule has 2 heterocycles. The number of aryl methyl sites for hydroxylation is 1. The number of rotatable bonds is 10. The molecule has 2 atom stereocenters. The minimum atomic E-state index is -2.82. The predicted octanol–water partition coefficient (Wildman–Crippen LogP) is 1.52. The van der Waals surface area contributed by atoms with Crippen LogP contribution in [0.2, 0.25) is 0 Å². The van der Waals surface area contributed by atoms with Crippen molar-refractivity contribution >= 4 is 19.1 Å². The smallest absolute Gasteiger partial charge is 0.447 e. The first-order chi connectivity index (χ1) is 18.4. The third-order valence-corrected chi connectivity index (χ3v) is 6.98. The lowest BCUT2D eigenvalue weighted by atomic mass is 9.76. The molecule has 13 heteroatoms. The van der Waals surface area contributed by atoms with E-state index in [2.05, 4.69) is 5.32 Å². The van der Waals surface area contributed by atoms with Crippen molar-refractivity contribution in [3.63, 3.8) is 0 Å². The summed E-state index contributed by atoms with van der Waals surface area (Å²) in [5.41, 5.74) is -0.190. The number of ether oxygens (including phenoxy) is 2. The Morgan fingerprint density at radius 3 is 2.67 bits per heavy atom. The average Bonchev–Trinajstić information content (AvgIpc) is 3.29. The third-order valence-electron chi connectivity index (χ3n) is 6.98. The summed E-state index contributed by atoms with van der Waals surface area (Å²) in [5, 5.41) is 31.5. The zero-order chi connectivity index (χ0) is 28.6. The molecule has 3 rings (SSSR count). The van der Waals surface area contributed by atoms with Gasteiger partial charge in [-0.2, -0.15) is 5.26 Å². The molecule has 39 heavy (non-hydrogen) atoms. The van der Waals surface area contributed by atoms with Crippen LogP contribution < -0.4 is 5.32 Å². The molecule has 1 aromatic carbocycles. The van der Waals surface area contributed by atoms with Gasteiger partial charge in [-0.05, 0) is 38.3 Å². The zero-order valence-electron chi connectivity index (χ0n) is 22.2. The normalized spacial score (nSPS) is 20.7. The second kappa shape index (κ2) is 13.3. The Kier molecular flexibility index (Phi) is 10.4. The molecule has 10 nitrogen and oxygen atoms in total. The Balaban J connectivity index is 1.60. The van der Waals surface area contributed by atoms with Crippen molar-refractivity contribution in [2.75, 3.05) is 39.5 Å². The van der Waals surface area contributed by atoms with E-state index in [9.17, 15) is 33.7 Å². The van der Waals surface area contributed by atoms with Gasteiger partial charge in [0.05, 0.1) is 31.7 Å². The topological polar surface area (TPSA) is 135 Å². The second-order valence-electron chi connectivity index (χ2n) is 10.4. The van der Waals surface area contributed by atoms with Crippen molar-refractivity contribution in [3.8, 4) is 6.07 Å². The number of morpholine rings is 1. The fourth-order valence-corrected chi connectivity index (χ4v) is 4.66. The molecule has 212 valence electrons. The van der Waals surface area contributed by atoms with Crippen molar-refractivity contribution in [1.29, 1.82) is 5.26 Å². The van der Waals surface area contributed by atoms with Gasteiger partial charge in [-0.25, -0.2) is 13.6 Å². The highest BCUT2D eigenvalue weighted by Crippen LogP contribution is 2.33. The number of nitrogens with one attached hydrogen (secondary N) is 1. The lowest BCUT2D eigenvalue weighted by Crippen LogP contribution is -2.53. The molecule has 2 amide bonds. The summed E-state index contributed by atoms with van der Waals surface area (Å²) in [6.45, 7) is 3.19. The summed E-state index contributed by atoms with van der Waals surface area (Å²) < 4.78 is 38.2. The minimum Gasteiger partial charge on any atom is -0.447 e. The van der Waals surface area contributed by atoms with E-state index in [1.165, 1.54) is 15.9 Å². The molecule has 1 aromatic rings. The highest BCUT2D eigenvalue weighted by atomic mass is 19.3. The van der Waals surface area contributed by atoms with Crippen LogP contribution in [0.3, 0.4) is 0 Å². The number of nitriles is 1. The molecule has 3 N–H and O–H groups in total. The highest BCUT2D eigenvalue weighted by Gasteiger charge is 2.43. The van der Waals surface area contributed by atoms with Gasteiger partial charge in [0.15, 0.2) is 0 Å². The average molecular weight is 548 g/mol. The van der Waals surface area contributed by atoms with Gasteiger partial charge in [0, 0.05) is 25.0 Å². The summed E-state index contributed by atoms with van der Waals surface area (Å²) in [6.07, 6.45) is 0.966. The summed E-state index contributed by atoms with van der Waals surface area (Å²) >= 11 is 0. The van der Waals surface area contributed by atoms with E-state index >= 15 is 0 Å². The number of likely N-dealkylation sites (tertiary alicyclic amines) is 1. The molecule has 2 aliphatic rings. The van der Waals surface area contributed by atoms with Crippen LogP contribution in [-0.2, 0) is 20.7 Å². The fraction of sp³-hybridized carbons (Fsp3) is 0.577. The Bertz CT molecular complexity index is 1070. The number of carbonyl (C=O) groups excluding carboxylic acids is 2. The van der Waals surface area contributed by atoms with Crippen LogP contribution in [0.25, 0.3) is 0 Å². The molecular formula is C26H35BF2N4O6. The monoisotopic (exact) mass is 548 g/mol.